The molecule has 0 radical (unpaired) electrons. The number of phosphoric acid groups is 3. The summed E-state index contributed by atoms with van der Waals surface area (Å²) >= 11 is 0. The molecular formula is C22H31N10O18P3+2. The molecule has 2 fully saturated rings. The number of aromatic nitrogens is 6. The minimum Gasteiger partial charge on any atom is -0.387 e. The lowest BCUT2D eigenvalue weighted by atomic mass is 10.1. The van der Waals surface area contributed by atoms with Gasteiger partial charge in [-0.25, -0.2) is 18.7 Å². The number of hydrogen-bond acceptors (Lipinski definition) is 20. The maximum atomic E-state index is 12.6. The van der Waals surface area contributed by atoms with Gasteiger partial charge in [0.1, 0.15) is 37.6 Å². The van der Waals surface area contributed by atoms with Gasteiger partial charge in [0, 0.05) is 7.11 Å². The fourth-order valence-electron chi connectivity index (χ4n) is 5.62. The molecule has 0 bridgehead atoms. The summed E-state index contributed by atoms with van der Waals surface area (Å²) in [5.41, 5.74) is 9.50. The number of imidazole rings is 1. The Bertz CT molecular complexity index is 2280. The van der Waals surface area contributed by atoms with Crippen LogP contribution in [0.1, 0.15) is 6.23 Å². The number of ether oxygens (including phenoxy) is 3. The van der Waals surface area contributed by atoms with Crippen molar-refractivity contribution >= 4 is 64.0 Å². The Morgan fingerprint density at radius 3 is 2.15 bits per heavy atom. The molecule has 12 N–H and O–H groups in total. The third kappa shape index (κ3) is 7.82. The first kappa shape index (κ1) is 39.1. The highest BCUT2D eigenvalue weighted by atomic mass is 31.3. The van der Waals surface area contributed by atoms with Crippen molar-refractivity contribution in [3.8, 4) is 0 Å². The number of rotatable bonds is 13. The van der Waals surface area contributed by atoms with Gasteiger partial charge in [-0.3, -0.25) is 33.2 Å². The van der Waals surface area contributed by atoms with E-state index < -0.39 is 96.9 Å². The molecule has 0 aliphatic carbocycles. The molecule has 0 spiro atoms. The standard InChI is InChI=1S/C22H29N10O18P3/c1-30-6-32(16-10(30)18(37)29-22(24)27-16)20-13(35)14(44-2)8(48-20)4-46-52(40,41)50-53(42,43)49-51(38,39)45-3-7-11(33)12(34)19(47-7)31-5-25-9-15(31)26-21(23)28-17(9)36/h5,7-8,11-14,19-20,33-35H,3-4H2,1-2H3,(H7-2,23,24,26,27,28,29,36,37,38,39,40,41,42,43)/p+2/t7-,8?,11?,12?,13?,14?,19-,20-/m1/s1. The molecule has 53 heavy (non-hydrogen) atoms. The quantitative estimate of drug-likeness (QED) is 0.0585. The zero-order valence-corrected chi connectivity index (χ0v) is 29.6. The van der Waals surface area contributed by atoms with E-state index in [2.05, 4.69) is 44.1 Å². The summed E-state index contributed by atoms with van der Waals surface area (Å²) in [6.07, 6.45) is -11.2. The zero-order chi connectivity index (χ0) is 38.8. The average molecular weight is 816 g/mol. The lowest BCUT2D eigenvalue weighted by molar-refractivity contribution is -0.552. The lowest BCUT2D eigenvalue weighted by Gasteiger charge is -2.21. The molecule has 8 unspecified atom stereocenters. The summed E-state index contributed by atoms with van der Waals surface area (Å²) in [7, 11) is -14.7. The maximum Gasteiger partial charge on any atom is 0.490 e. The van der Waals surface area contributed by atoms with Crippen molar-refractivity contribution < 1.29 is 84.7 Å². The first-order chi connectivity index (χ1) is 24.7. The molecule has 3 aliphatic rings. The summed E-state index contributed by atoms with van der Waals surface area (Å²) in [5, 5.41) is 31.9. The van der Waals surface area contributed by atoms with Gasteiger partial charge in [0.25, 0.3) is 11.8 Å². The van der Waals surface area contributed by atoms with E-state index in [1.165, 1.54) is 11.6 Å². The number of aliphatic hydroxyl groups is 3. The van der Waals surface area contributed by atoms with E-state index in [-0.39, 0.29) is 34.6 Å². The highest BCUT2D eigenvalue weighted by Gasteiger charge is 2.55. The van der Waals surface area contributed by atoms with Crippen molar-refractivity contribution in [2.75, 3.05) is 38.8 Å². The van der Waals surface area contributed by atoms with E-state index in [4.69, 9.17) is 30.2 Å². The van der Waals surface area contributed by atoms with E-state index in [1.54, 1.807) is 0 Å². The molecule has 3 aromatic heterocycles. The van der Waals surface area contributed by atoms with Crippen LogP contribution >= 0.6 is 23.5 Å². The number of aliphatic hydroxyl groups excluding tert-OH is 3. The van der Waals surface area contributed by atoms with Gasteiger partial charge in [0.2, 0.25) is 5.95 Å². The number of anilines is 2. The molecule has 11 atom stereocenters. The largest absolute Gasteiger partial charge is 0.490 e. The molecule has 2 saturated heterocycles. The molecule has 6 heterocycles. The Morgan fingerprint density at radius 1 is 0.906 bits per heavy atom. The van der Waals surface area contributed by atoms with E-state index >= 15 is 0 Å². The Hall–Kier alpha value is -3.62. The highest BCUT2D eigenvalue weighted by Crippen LogP contribution is 2.67. The summed E-state index contributed by atoms with van der Waals surface area (Å²) in [6.45, 7) is -2.04. The molecule has 28 nitrogen and oxygen atoms in total. The Kier molecular flexibility index (Phi) is 10.5. The van der Waals surface area contributed by atoms with Gasteiger partial charge in [0.15, 0.2) is 23.5 Å². The van der Waals surface area contributed by atoms with Crippen molar-refractivity contribution in [2.24, 2.45) is 0 Å². The minimum absolute atomic E-state index is 0.0000824. The SMILES string of the molecule is COC1C(COP(=O)(O)OP(=O)(O)OP(=O)(O)OC[C@H]2O[C@@H](n3cnc4c(=O)[nH]c(N)nc43)C(O)C2O)O[C@@H]([N+]2=C=[N+](C)c3c2nc(N)[nH]c3=O)C1O. The topological polar surface area (TPSA) is 405 Å². The number of hydrogen-bond donors (Lipinski definition) is 10. The van der Waals surface area contributed by atoms with Crippen LogP contribution < -0.4 is 22.6 Å². The predicted octanol–water partition coefficient (Wildman–Crippen LogP) is -3.74. The first-order valence-corrected chi connectivity index (χ1v) is 19.2. The fraction of sp³-hybridized carbons (Fsp3) is 0.545. The second-order valence-corrected chi connectivity index (χ2v) is 16.0. The average Bonchev–Trinajstić information content (AvgIpc) is 3.76. The summed E-state index contributed by atoms with van der Waals surface area (Å²) < 4.78 is 75.0. The van der Waals surface area contributed by atoms with E-state index in [0.717, 1.165) is 22.6 Å². The third-order valence-corrected chi connectivity index (χ3v) is 12.1. The van der Waals surface area contributed by atoms with Gasteiger partial charge in [-0.05, 0) is 0 Å². The molecule has 0 aromatic carbocycles. The molecule has 3 aromatic rings. The van der Waals surface area contributed by atoms with Crippen LogP contribution in [0.3, 0.4) is 0 Å². The summed E-state index contributed by atoms with van der Waals surface area (Å²) in [4.78, 5) is 71.0. The van der Waals surface area contributed by atoms with Gasteiger partial charge >= 0.3 is 52.5 Å². The van der Waals surface area contributed by atoms with Crippen LogP contribution in [0.4, 0.5) is 23.4 Å². The number of nitrogens with one attached hydrogen (secondary N) is 2. The smallest absolute Gasteiger partial charge is 0.387 e. The highest BCUT2D eigenvalue weighted by molar-refractivity contribution is 7.66. The zero-order valence-electron chi connectivity index (χ0n) is 26.9. The monoisotopic (exact) mass is 816 g/mol. The molecule has 6 rings (SSSR count). The van der Waals surface area contributed by atoms with Gasteiger partial charge in [-0.15, -0.1) is 4.58 Å². The van der Waals surface area contributed by atoms with Crippen molar-refractivity contribution in [1.82, 2.24) is 29.5 Å². The number of nitrogens with zero attached hydrogens (tertiary/aromatic N) is 6. The second-order valence-electron chi connectivity index (χ2n) is 11.4. The maximum absolute atomic E-state index is 12.6. The number of phosphoric ester groups is 2. The Morgan fingerprint density at radius 2 is 1.51 bits per heavy atom. The van der Waals surface area contributed by atoms with Gasteiger partial charge < -0.3 is 55.7 Å². The minimum atomic E-state index is -5.98. The van der Waals surface area contributed by atoms with E-state index in [1.807, 2.05) is 0 Å². The van der Waals surface area contributed by atoms with Crippen LogP contribution in [0, 0.1) is 0 Å². The van der Waals surface area contributed by atoms with Crippen molar-refractivity contribution in [2.45, 2.75) is 49.1 Å². The predicted molar refractivity (Wildman–Crippen MR) is 168 cm³/mol. The lowest BCUT2D eigenvalue weighted by Crippen LogP contribution is -2.38. The van der Waals surface area contributed by atoms with Gasteiger partial charge in [0.05, 0.1) is 24.5 Å². The molecule has 290 valence electrons. The number of aromatic amines is 2. The molecule has 3 aliphatic heterocycles. The van der Waals surface area contributed by atoms with Crippen molar-refractivity contribution in [3.63, 3.8) is 0 Å². The number of H-pyrrole nitrogens is 2. The molecule has 0 saturated carbocycles. The van der Waals surface area contributed by atoms with Crippen molar-refractivity contribution in [3.05, 3.63) is 27.0 Å². The van der Waals surface area contributed by atoms with Crippen LogP contribution in [0.2, 0.25) is 0 Å². The summed E-state index contributed by atoms with van der Waals surface area (Å²) in [5.74, 6) is -0.628. The van der Waals surface area contributed by atoms with E-state index in [0.29, 0.717) is 0 Å². The number of nitrogens with two attached hydrogens (primary N) is 2. The Balaban J connectivity index is 1.05. The number of nitrogen functional groups attached to an aromatic ring is 2. The first-order valence-electron chi connectivity index (χ1n) is 14.7. The van der Waals surface area contributed by atoms with Gasteiger partial charge in [-0.2, -0.15) is 13.6 Å². The van der Waals surface area contributed by atoms with Crippen LogP contribution in [0.15, 0.2) is 15.9 Å². The van der Waals surface area contributed by atoms with Crippen LogP contribution in [-0.2, 0) is 45.6 Å². The fourth-order valence-corrected chi connectivity index (χ4v) is 9.14. The number of methoxy groups -OCH3 is 1. The third-order valence-electron chi connectivity index (χ3n) is 7.83. The Labute approximate surface area is 293 Å². The van der Waals surface area contributed by atoms with Crippen LogP contribution in [0.5, 0.6) is 0 Å². The molecule has 0 amide bonds. The number of fused-ring (bicyclic) bond motifs is 2. The summed E-state index contributed by atoms with van der Waals surface area (Å²) in [6, 6.07) is 2.72. The molecular weight excluding hydrogens is 785 g/mol. The van der Waals surface area contributed by atoms with Gasteiger partial charge in [-0.1, -0.05) is 4.58 Å². The van der Waals surface area contributed by atoms with Crippen LogP contribution in [0.25, 0.3) is 11.2 Å². The second kappa shape index (κ2) is 14.2. The van der Waals surface area contributed by atoms with Crippen LogP contribution in [-0.4, -0.2) is 145 Å². The van der Waals surface area contributed by atoms with E-state index in [9.17, 15) is 53.3 Å². The normalized spacial score (nSPS) is 30.4. The molecule has 31 heteroatoms. The van der Waals surface area contributed by atoms with Crippen molar-refractivity contribution in [1.29, 1.82) is 0 Å².